The molecule has 0 aliphatic heterocycles. The standard InChI is InChI=1S/C20H23FN2O3S/c1-13-9-15(26-4)6-8-19(13)27(24,25)23-12-20(2,3)17-11-22-18-10-14(21)5-7-16(17)18/h5-11,22-23H,12H2,1-4H3. The van der Waals surface area contributed by atoms with Gasteiger partial charge in [0.05, 0.1) is 12.0 Å². The van der Waals surface area contributed by atoms with Gasteiger partial charge in [-0.05, 0) is 54.4 Å². The molecule has 0 spiro atoms. The van der Waals surface area contributed by atoms with Crippen LogP contribution in [0.15, 0.2) is 47.5 Å². The van der Waals surface area contributed by atoms with Crippen LogP contribution < -0.4 is 9.46 Å². The average Bonchev–Trinajstić information content (AvgIpc) is 3.03. The van der Waals surface area contributed by atoms with Gasteiger partial charge in [-0.3, -0.25) is 0 Å². The SMILES string of the molecule is COc1ccc(S(=O)(=O)NCC(C)(C)c2c[nH]c3cc(F)ccc23)c(C)c1. The van der Waals surface area contributed by atoms with Gasteiger partial charge >= 0.3 is 0 Å². The summed E-state index contributed by atoms with van der Waals surface area (Å²) in [6.07, 6.45) is 1.80. The number of fused-ring (bicyclic) bond motifs is 1. The molecule has 0 bridgehead atoms. The molecule has 0 saturated heterocycles. The molecule has 7 heteroatoms. The first-order valence-corrected chi connectivity index (χ1v) is 10.0. The lowest BCUT2D eigenvalue weighted by Gasteiger charge is -2.25. The van der Waals surface area contributed by atoms with Crippen LogP contribution in [-0.2, 0) is 15.4 Å². The Kier molecular flexibility index (Phi) is 5.01. The van der Waals surface area contributed by atoms with Crippen molar-refractivity contribution >= 4 is 20.9 Å². The van der Waals surface area contributed by atoms with Gasteiger partial charge in [-0.1, -0.05) is 13.8 Å². The van der Waals surface area contributed by atoms with Gasteiger partial charge in [-0.15, -0.1) is 0 Å². The molecule has 1 heterocycles. The predicted molar refractivity (Wildman–Crippen MR) is 104 cm³/mol. The van der Waals surface area contributed by atoms with Crippen LogP contribution in [0.4, 0.5) is 4.39 Å². The van der Waals surface area contributed by atoms with E-state index in [1.165, 1.54) is 25.3 Å². The number of aryl methyl sites for hydroxylation is 1. The van der Waals surface area contributed by atoms with Crippen LogP contribution in [0.3, 0.4) is 0 Å². The molecule has 0 radical (unpaired) electrons. The summed E-state index contributed by atoms with van der Waals surface area (Å²) >= 11 is 0. The van der Waals surface area contributed by atoms with Crippen LogP contribution in [0.25, 0.3) is 10.9 Å². The van der Waals surface area contributed by atoms with Crippen LogP contribution in [0.1, 0.15) is 25.0 Å². The smallest absolute Gasteiger partial charge is 0.240 e. The zero-order valence-electron chi connectivity index (χ0n) is 15.8. The third-order valence-corrected chi connectivity index (χ3v) is 6.31. The molecule has 0 aliphatic rings. The van der Waals surface area contributed by atoms with Gasteiger partial charge in [0.15, 0.2) is 0 Å². The Hall–Kier alpha value is -2.38. The summed E-state index contributed by atoms with van der Waals surface area (Å²) in [7, 11) is -2.14. The maximum absolute atomic E-state index is 13.4. The fourth-order valence-corrected chi connectivity index (χ4v) is 4.59. The van der Waals surface area contributed by atoms with Crippen LogP contribution in [0.5, 0.6) is 5.75 Å². The summed E-state index contributed by atoms with van der Waals surface area (Å²) in [6, 6.07) is 9.40. The van der Waals surface area contributed by atoms with E-state index >= 15 is 0 Å². The Balaban J connectivity index is 1.85. The summed E-state index contributed by atoms with van der Waals surface area (Å²) in [6.45, 7) is 5.83. The maximum Gasteiger partial charge on any atom is 0.240 e. The Morgan fingerprint density at radius 2 is 1.93 bits per heavy atom. The molecule has 3 aromatic rings. The number of benzene rings is 2. The van der Waals surface area contributed by atoms with Gasteiger partial charge in [-0.2, -0.15) is 0 Å². The van der Waals surface area contributed by atoms with E-state index in [1.54, 1.807) is 31.3 Å². The zero-order valence-corrected chi connectivity index (χ0v) is 16.6. The third-order valence-electron chi connectivity index (χ3n) is 4.75. The first kappa shape index (κ1) is 19.4. The van der Waals surface area contributed by atoms with Crippen molar-refractivity contribution in [2.45, 2.75) is 31.1 Å². The summed E-state index contributed by atoms with van der Waals surface area (Å²) in [5, 5.41) is 0.876. The molecule has 0 amide bonds. The molecule has 144 valence electrons. The number of rotatable bonds is 6. The molecule has 1 aromatic heterocycles. The van der Waals surface area contributed by atoms with Gasteiger partial charge in [0.25, 0.3) is 0 Å². The number of aromatic nitrogens is 1. The number of nitrogens with one attached hydrogen (secondary N) is 2. The molecule has 2 aromatic carbocycles. The fourth-order valence-electron chi connectivity index (χ4n) is 3.16. The Morgan fingerprint density at radius 3 is 2.59 bits per heavy atom. The van der Waals surface area contributed by atoms with E-state index in [-0.39, 0.29) is 17.3 Å². The van der Waals surface area contributed by atoms with Crippen LogP contribution in [0.2, 0.25) is 0 Å². The number of hydrogen-bond acceptors (Lipinski definition) is 3. The molecule has 0 fully saturated rings. The van der Waals surface area contributed by atoms with Crippen molar-refractivity contribution < 1.29 is 17.5 Å². The van der Waals surface area contributed by atoms with E-state index in [4.69, 9.17) is 4.74 Å². The van der Waals surface area contributed by atoms with Crippen molar-refractivity contribution in [3.63, 3.8) is 0 Å². The summed E-state index contributed by atoms with van der Waals surface area (Å²) in [5.41, 5.74) is 1.73. The minimum Gasteiger partial charge on any atom is -0.497 e. The second-order valence-electron chi connectivity index (χ2n) is 7.23. The molecule has 0 unspecified atom stereocenters. The Labute approximate surface area is 158 Å². The van der Waals surface area contributed by atoms with Gasteiger partial charge in [0.1, 0.15) is 11.6 Å². The van der Waals surface area contributed by atoms with Gasteiger partial charge in [-0.25, -0.2) is 17.5 Å². The number of halogens is 1. The normalized spacial score (nSPS) is 12.5. The minimum atomic E-state index is -3.68. The average molecular weight is 390 g/mol. The molecule has 2 N–H and O–H groups in total. The van der Waals surface area contributed by atoms with Gasteiger partial charge in [0.2, 0.25) is 10.0 Å². The van der Waals surface area contributed by atoms with Crippen LogP contribution in [0, 0.1) is 12.7 Å². The van der Waals surface area contributed by atoms with Crippen LogP contribution >= 0.6 is 0 Å². The van der Waals surface area contributed by atoms with Crippen molar-refractivity contribution in [2.24, 2.45) is 0 Å². The lowest BCUT2D eigenvalue weighted by Crippen LogP contribution is -2.36. The molecular formula is C20H23FN2O3S. The summed E-state index contributed by atoms with van der Waals surface area (Å²) < 4.78 is 46.8. The van der Waals surface area contributed by atoms with E-state index in [0.717, 1.165) is 10.9 Å². The first-order chi connectivity index (χ1) is 12.6. The number of H-pyrrole nitrogens is 1. The van der Waals surface area contributed by atoms with Crippen molar-refractivity contribution in [3.05, 3.63) is 59.5 Å². The number of hydrogen-bond donors (Lipinski definition) is 2. The lowest BCUT2D eigenvalue weighted by molar-refractivity contribution is 0.414. The van der Waals surface area contributed by atoms with Crippen molar-refractivity contribution in [1.29, 1.82) is 0 Å². The Morgan fingerprint density at radius 1 is 1.19 bits per heavy atom. The Bertz CT molecular complexity index is 1090. The van der Waals surface area contributed by atoms with Crippen LogP contribution in [-0.4, -0.2) is 27.1 Å². The monoisotopic (exact) mass is 390 g/mol. The fraction of sp³-hybridized carbons (Fsp3) is 0.300. The topological polar surface area (TPSA) is 71.2 Å². The quantitative estimate of drug-likeness (QED) is 0.671. The number of sulfonamides is 1. The predicted octanol–water partition coefficient (Wildman–Crippen LogP) is 3.88. The molecule has 0 aliphatic carbocycles. The van der Waals surface area contributed by atoms with Crippen molar-refractivity contribution in [3.8, 4) is 5.75 Å². The molecule has 5 nitrogen and oxygen atoms in total. The van der Waals surface area contributed by atoms with Gasteiger partial charge in [0, 0.05) is 29.1 Å². The number of methoxy groups -OCH3 is 1. The number of ether oxygens (including phenoxy) is 1. The first-order valence-electron chi connectivity index (χ1n) is 8.55. The molecule has 3 rings (SSSR count). The molecule has 27 heavy (non-hydrogen) atoms. The van der Waals surface area contributed by atoms with E-state index in [2.05, 4.69) is 9.71 Å². The molecule has 0 atom stereocenters. The van der Waals surface area contributed by atoms with E-state index < -0.39 is 15.4 Å². The maximum atomic E-state index is 13.4. The van der Waals surface area contributed by atoms with Gasteiger partial charge < -0.3 is 9.72 Å². The number of aromatic amines is 1. The van der Waals surface area contributed by atoms with E-state index in [0.29, 0.717) is 16.8 Å². The highest BCUT2D eigenvalue weighted by atomic mass is 32.2. The minimum absolute atomic E-state index is 0.200. The molecule has 0 saturated carbocycles. The van der Waals surface area contributed by atoms with E-state index in [1.807, 2.05) is 13.8 Å². The summed E-state index contributed by atoms with van der Waals surface area (Å²) in [5.74, 6) is 0.294. The molecular weight excluding hydrogens is 367 g/mol. The highest BCUT2D eigenvalue weighted by Gasteiger charge is 2.27. The lowest BCUT2D eigenvalue weighted by atomic mass is 9.85. The third kappa shape index (κ3) is 3.84. The van der Waals surface area contributed by atoms with Crippen molar-refractivity contribution in [2.75, 3.05) is 13.7 Å². The summed E-state index contributed by atoms with van der Waals surface area (Å²) in [4.78, 5) is 3.28. The highest BCUT2D eigenvalue weighted by Crippen LogP contribution is 2.31. The second-order valence-corrected chi connectivity index (χ2v) is 8.97. The van der Waals surface area contributed by atoms with Crippen molar-refractivity contribution in [1.82, 2.24) is 9.71 Å². The van der Waals surface area contributed by atoms with E-state index in [9.17, 15) is 12.8 Å². The zero-order chi connectivity index (χ0) is 19.8. The highest BCUT2D eigenvalue weighted by molar-refractivity contribution is 7.89. The second kappa shape index (κ2) is 6.98. The largest absolute Gasteiger partial charge is 0.497 e.